The Bertz CT molecular complexity index is 702. The van der Waals surface area contributed by atoms with Gasteiger partial charge in [0, 0.05) is 12.7 Å². The maximum absolute atomic E-state index is 12.3. The van der Waals surface area contributed by atoms with Gasteiger partial charge in [0.1, 0.15) is 6.33 Å². The maximum Gasteiger partial charge on any atom is 0.240 e. The maximum atomic E-state index is 12.3. The molecule has 0 radical (unpaired) electrons. The summed E-state index contributed by atoms with van der Waals surface area (Å²) < 4.78 is 27.1. The Morgan fingerprint density at radius 1 is 1.24 bits per heavy atom. The fraction of sp³-hybridized carbons (Fsp3) is 0.286. The summed E-state index contributed by atoms with van der Waals surface area (Å²) in [6.45, 7) is 2.45. The van der Waals surface area contributed by atoms with E-state index in [0.29, 0.717) is 12.2 Å². The summed E-state index contributed by atoms with van der Waals surface area (Å²) in [5.41, 5.74) is 8.19. The van der Waals surface area contributed by atoms with Crippen molar-refractivity contribution in [3.8, 4) is 0 Å². The van der Waals surface area contributed by atoms with Crippen molar-refractivity contribution in [2.75, 3.05) is 0 Å². The molecule has 2 rings (SSSR count). The first-order valence-electron chi connectivity index (χ1n) is 6.63. The predicted molar refractivity (Wildman–Crippen MR) is 79.8 cm³/mol. The van der Waals surface area contributed by atoms with Gasteiger partial charge in [0.15, 0.2) is 0 Å². The second-order valence-electron chi connectivity index (χ2n) is 4.51. The van der Waals surface area contributed by atoms with E-state index in [1.165, 1.54) is 6.33 Å². The SMILES string of the molecule is CCc1ccc(S(=O)(=O)NCc2ccncn2)cc1CN. The topological polar surface area (TPSA) is 98.0 Å². The molecule has 0 saturated carbocycles. The van der Waals surface area contributed by atoms with Crippen LogP contribution < -0.4 is 10.5 Å². The molecule has 0 aliphatic carbocycles. The minimum absolute atomic E-state index is 0.123. The largest absolute Gasteiger partial charge is 0.326 e. The average molecular weight is 306 g/mol. The summed E-state index contributed by atoms with van der Waals surface area (Å²) in [6.07, 6.45) is 3.77. The molecule has 3 N–H and O–H groups in total. The summed E-state index contributed by atoms with van der Waals surface area (Å²) >= 11 is 0. The van der Waals surface area contributed by atoms with Gasteiger partial charge in [0.2, 0.25) is 10.0 Å². The van der Waals surface area contributed by atoms with Crippen LogP contribution in [0, 0.1) is 0 Å². The molecule has 6 nitrogen and oxygen atoms in total. The summed E-state index contributed by atoms with van der Waals surface area (Å²) in [4.78, 5) is 7.98. The lowest BCUT2D eigenvalue weighted by Crippen LogP contribution is -2.24. The van der Waals surface area contributed by atoms with E-state index in [-0.39, 0.29) is 11.4 Å². The number of aromatic nitrogens is 2. The highest BCUT2D eigenvalue weighted by Crippen LogP contribution is 2.16. The van der Waals surface area contributed by atoms with Crippen LogP contribution in [-0.4, -0.2) is 18.4 Å². The van der Waals surface area contributed by atoms with Gasteiger partial charge in [-0.15, -0.1) is 0 Å². The van der Waals surface area contributed by atoms with E-state index >= 15 is 0 Å². The molecular formula is C14H18N4O2S. The van der Waals surface area contributed by atoms with E-state index in [0.717, 1.165) is 17.5 Å². The lowest BCUT2D eigenvalue weighted by Gasteiger charge is -2.10. The third-order valence-corrected chi connectivity index (χ3v) is 4.57. The zero-order valence-electron chi connectivity index (χ0n) is 11.8. The van der Waals surface area contributed by atoms with Crippen molar-refractivity contribution in [2.45, 2.75) is 31.3 Å². The van der Waals surface area contributed by atoms with Gasteiger partial charge < -0.3 is 5.73 Å². The molecule has 0 amide bonds. The third kappa shape index (κ3) is 3.84. The Labute approximate surface area is 124 Å². The number of rotatable bonds is 6. The summed E-state index contributed by atoms with van der Waals surface area (Å²) in [5, 5.41) is 0. The molecule has 1 heterocycles. The standard InChI is InChI=1S/C14H18N4O2S/c1-2-11-3-4-14(7-12(11)8-15)21(19,20)18-9-13-5-6-16-10-17-13/h3-7,10,18H,2,8-9,15H2,1H3. The van der Waals surface area contributed by atoms with Crippen LogP contribution >= 0.6 is 0 Å². The molecule has 0 fully saturated rings. The number of nitrogens with one attached hydrogen (secondary N) is 1. The van der Waals surface area contributed by atoms with Crippen LogP contribution in [0.2, 0.25) is 0 Å². The molecule has 0 atom stereocenters. The van der Waals surface area contributed by atoms with Crippen LogP contribution in [0.4, 0.5) is 0 Å². The monoisotopic (exact) mass is 306 g/mol. The Balaban J connectivity index is 2.19. The fourth-order valence-electron chi connectivity index (χ4n) is 1.98. The van der Waals surface area contributed by atoms with Gasteiger partial charge >= 0.3 is 0 Å². The number of benzene rings is 1. The second kappa shape index (κ2) is 6.75. The second-order valence-corrected chi connectivity index (χ2v) is 6.28. The molecular weight excluding hydrogens is 288 g/mol. The van der Waals surface area contributed by atoms with E-state index < -0.39 is 10.0 Å². The van der Waals surface area contributed by atoms with Crippen molar-refractivity contribution in [1.82, 2.24) is 14.7 Å². The Morgan fingerprint density at radius 2 is 2.05 bits per heavy atom. The van der Waals surface area contributed by atoms with Crippen molar-refractivity contribution < 1.29 is 8.42 Å². The summed E-state index contributed by atoms with van der Waals surface area (Å²) in [5.74, 6) is 0. The molecule has 0 saturated heterocycles. The molecule has 0 bridgehead atoms. The fourth-order valence-corrected chi connectivity index (χ4v) is 3.03. The molecule has 0 spiro atoms. The number of aryl methyl sites for hydroxylation is 1. The zero-order valence-corrected chi connectivity index (χ0v) is 12.6. The summed E-state index contributed by atoms with van der Waals surface area (Å²) in [7, 11) is -3.58. The van der Waals surface area contributed by atoms with E-state index in [2.05, 4.69) is 14.7 Å². The highest BCUT2D eigenvalue weighted by atomic mass is 32.2. The number of hydrogen-bond donors (Lipinski definition) is 2. The van der Waals surface area contributed by atoms with Crippen LogP contribution in [0.5, 0.6) is 0 Å². The lowest BCUT2D eigenvalue weighted by atomic mass is 10.1. The van der Waals surface area contributed by atoms with E-state index in [4.69, 9.17) is 5.73 Å². The van der Waals surface area contributed by atoms with Crippen molar-refractivity contribution in [3.63, 3.8) is 0 Å². The Kier molecular flexibility index (Phi) is 5.00. The number of sulfonamides is 1. The quantitative estimate of drug-likeness (QED) is 0.829. The first-order valence-corrected chi connectivity index (χ1v) is 8.11. The van der Waals surface area contributed by atoms with Crippen molar-refractivity contribution in [3.05, 3.63) is 53.6 Å². The molecule has 0 aliphatic rings. The predicted octanol–water partition coefficient (Wildman–Crippen LogP) is 0.976. The smallest absolute Gasteiger partial charge is 0.240 e. The molecule has 21 heavy (non-hydrogen) atoms. The number of hydrogen-bond acceptors (Lipinski definition) is 5. The van der Waals surface area contributed by atoms with Gasteiger partial charge in [-0.2, -0.15) is 0 Å². The van der Waals surface area contributed by atoms with Gasteiger partial charge in [-0.05, 0) is 35.7 Å². The van der Waals surface area contributed by atoms with Gasteiger partial charge in [-0.25, -0.2) is 23.1 Å². The van der Waals surface area contributed by atoms with E-state index in [1.54, 1.807) is 30.5 Å². The molecule has 1 aromatic carbocycles. The summed E-state index contributed by atoms with van der Waals surface area (Å²) in [6, 6.07) is 6.69. The van der Waals surface area contributed by atoms with Gasteiger partial charge in [0.05, 0.1) is 17.1 Å². The first-order chi connectivity index (χ1) is 10.1. The first kappa shape index (κ1) is 15.6. The number of nitrogens with two attached hydrogens (primary N) is 1. The van der Waals surface area contributed by atoms with Crippen molar-refractivity contribution in [2.24, 2.45) is 5.73 Å². The highest BCUT2D eigenvalue weighted by Gasteiger charge is 2.15. The van der Waals surface area contributed by atoms with Crippen LogP contribution in [0.1, 0.15) is 23.7 Å². The lowest BCUT2D eigenvalue weighted by molar-refractivity contribution is 0.580. The van der Waals surface area contributed by atoms with Crippen LogP contribution in [0.3, 0.4) is 0 Å². The Hall–Kier alpha value is -1.83. The van der Waals surface area contributed by atoms with Crippen LogP contribution in [0.25, 0.3) is 0 Å². The minimum Gasteiger partial charge on any atom is -0.326 e. The molecule has 112 valence electrons. The highest BCUT2D eigenvalue weighted by molar-refractivity contribution is 7.89. The molecule has 0 aliphatic heterocycles. The van der Waals surface area contributed by atoms with Gasteiger partial charge in [0.25, 0.3) is 0 Å². The van der Waals surface area contributed by atoms with E-state index in [9.17, 15) is 8.42 Å². The molecule has 2 aromatic rings. The third-order valence-electron chi connectivity index (χ3n) is 3.18. The number of nitrogens with zero attached hydrogens (tertiary/aromatic N) is 2. The Morgan fingerprint density at radius 3 is 2.67 bits per heavy atom. The van der Waals surface area contributed by atoms with E-state index in [1.807, 2.05) is 6.92 Å². The molecule has 1 aromatic heterocycles. The minimum atomic E-state index is -3.58. The van der Waals surface area contributed by atoms with Crippen molar-refractivity contribution >= 4 is 10.0 Å². The molecule has 7 heteroatoms. The van der Waals surface area contributed by atoms with Crippen LogP contribution in [0.15, 0.2) is 41.7 Å². The van der Waals surface area contributed by atoms with Gasteiger partial charge in [-0.1, -0.05) is 13.0 Å². The van der Waals surface area contributed by atoms with Crippen molar-refractivity contribution in [1.29, 1.82) is 0 Å². The normalized spacial score (nSPS) is 11.5. The van der Waals surface area contributed by atoms with Gasteiger partial charge in [-0.3, -0.25) is 0 Å². The zero-order chi connectivity index (χ0) is 15.3. The average Bonchev–Trinajstić information content (AvgIpc) is 2.53. The van der Waals surface area contributed by atoms with Crippen LogP contribution in [-0.2, 0) is 29.5 Å². The molecule has 0 unspecified atom stereocenters.